The van der Waals surface area contributed by atoms with Gasteiger partial charge in [0.1, 0.15) is 0 Å². The lowest BCUT2D eigenvalue weighted by atomic mass is 10.2. The molecule has 84 valence electrons. The maximum Gasteiger partial charge on any atom is 0.161 e. The molecule has 1 aromatic rings. The van der Waals surface area contributed by atoms with Crippen LogP contribution in [0.25, 0.3) is 0 Å². The summed E-state index contributed by atoms with van der Waals surface area (Å²) in [6.45, 7) is 4.64. The van der Waals surface area contributed by atoms with Crippen LogP contribution < -0.4 is 15.2 Å². The van der Waals surface area contributed by atoms with Gasteiger partial charge in [0, 0.05) is 6.54 Å². The second-order valence-corrected chi connectivity index (χ2v) is 3.53. The van der Waals surface area contributed by atoms with Gasteiger partial charge in [-0.15, -0.1) is 0 Å². The van der Waals surface area contributed by atoms with Crippen molar-refractivity contribution in [3.63, 3.8) is 0 Å². The van der Waals surface area contributed by atoms with Crippen LogP contribution in [0.1, 0.15) is 25.8 Å². The zero-order chi connectivity index (χ0) is 11.3. The van der Waals surface area contributed by atoms with Crippen LogP contribution in [0.3, 0.4) is 0 Å². The normalized spacial score (nSPS) is 12.3. The molecule has 0 saturated heterocycles. The van der Waals surface area contributed by atoms with Crippen molar-refractivity contribution in [2.24, 2.45) is 5.73 Å². The summed E-state index contributed by atoms with van der Waals surface area (Å²) in [6.07, 6.45) is 1.17. The van der Waals surface area contributed by atoms with Crippen LogP contribution in [0.15, 0.2) is 18.2 Å². The molecule has 0 spiro atoms. The second kappa shape index (κ2) is 5.61. The molecule has 1 atom stereocenters. The van der Waals surface area contributed by atoms with Crippen LogP contribution in [0.4, 0.5) is 0 Å². The highest BCUT2D eigenvalue weighted by Gasteiger charge is 2.08. The average Bonchev–Trinajstić information content (AvgIpc) is 2.29. The molecule has 2 N–H and O–H groups in total. The topological polar surface area (TPSA) is 44.5 Å². The zero-order valence-electron chi connectivity index (χ0n) is 9.62. The largest absolute Gasteiger partial charge is 0.493 e. The van der Waals surface area contributed by atoms with Crippen molar-refractivity contribution in [2.75, 3.05) is 7.11 Å². The summed E-state index contributed by atoms with van der Waals surface area (Å²) in [5, 5.41) is 0. The lowest BCUT2D eigenvalue weighted by Crippen LogP contribution is -2.10. The molecule has 1 unspecified atom stereocenters. The number of nitrogens with two attached hydrogens (primary N) is 1. The Morgan fingerprint density at radius 1 is 1.33 bits per heavy atom. The predicted molar refractivity (Wildman–Crippen MR) is 61.3 cm³/mol. The van der Waals surface area contributed by atoms with E-state index in [4.69, 9.17) is 15.2 Å². The molecule has 1 aromatic carbocycles. The van der Waals surface area contributed by atoms with E-state index in [0.29, 0.717) is 6.54 Å². The van der Waals surface area contributed by atoms with Crippen molar-refractivity contribution in [3.8, 4) is 11.5 Å². The van der Waals surface area contributed by atoms with Crippen molar-refractivity contribution in [1.29, 1.82) is 0 Å². The summed E-state index contributed by atoms with van der Waals surface area (Å²) in [5.74, 6) is 1.53. The van der Waals surface area contributed by atoms with Gasteiger partial charge in [-0.2, -0.15) is 0 Å². The van der Waals surface area contributed by atoms with E-state index in [1.807, 2.05) is 25.1 Å². The summed E-state index contributed by atoms with van der Waals surface area (Å²) in [6, 6.07) is 5.78. The molecule has 3 nitrogen and oxygen atoms in total. The molecule has 1 rings (SSSR count). The van der Waals surface area contributed by atoms with E-state index < -0.39 is 0 Å². The van der Waals surface area contributed by atoms with E-state index in [-0.39, 0.29) is 6.10 Å². The Labute approximate surface area is 91.2 Å². The maximum absolute atomic E-state index is 5.72. The first-order chi connectivity index (χ1) is 7.21. The van der Waals surface area contributed by atoms with Crippen molar-refractivity contribution in [1.82, 2.24) is 0 Å². The third-order valence-electron chi connectivity index (χ3n) is 2.37. The van der Waals surface area contributed by atoms with Crippen LogP contribution in [0.5, 0.6) is 11.5 Å². The minimum atomic E-state index is 0.197. The molecule has 0 saturated carbocycles. The Balaban J connectivity index is 2.87. The van der Waals surface area contributed by atoms with Gasteiger partial charge < -0.3 is 15.2 Å². The summed E-state index contributed by atoms with van der Waals surface area (Å²) < 4.78 is 11.0. The number of hydrogen-bond donors (Lipinski definition) is 1. The minimum Gasteiger partial charge on any atom is -0.493 e. The van der Waals surface area contributed by atoms with Crippen LogP contribution >= 0.6 is 0 Å². The SMILES string of the molecule is CCC(C)Oc1ccc(CN)cc1OC. The number of ether oxygens (including phenoxy) is 2. The smallest absolute Gasteiger partial charge is 0.161 e. The van der Waals surface area contributed by atoms with Gasteiger partial charge in [0.05, 0.1) is 13.2 Å². The standard InChI is InChI=1S/C12H19NO2/c1-4-9(2)15-11-6-5-10(8-13)7-12(11)14-3/h5-7,9H,4,8,13H2,1-3H3. The summed E-state index contributed by atoms with van der Waals surface area (Å²) >= 11 is 0. The van der Waals surface area contributed by atoms with E-state index in [0.717, 1.165) is 23.5 Å². The first kappa shape index (κ1) is 11.9. The Morgan fingerprint density at radius 3 is 2.60 bits per heavy atom. The van der Waals surface area contributed by atoms with Gasteiger partial charge in [0.15, 0.2) is 11.5 Å². The Hall–Kier alpha value is -1.22. The summed E-state index contributed by atoms with van der Waals surface area (Å²) in [7, 11) is 1.64. The quantitative estimate of drug-likeness (QED) is 0.809. The molecule has 0 aliphatic rings. The minimum absolute atomic E-state index is 0.197. The third kappa shape index (κ3) is 3.13. The van der Waals surface area contributed by atoms with Crippen molar-refractivity contribution in [2.45, 2.75) is 32.9 Å². The second-order valence-electron chi connectivity index (χ2n) is 3.53. The van der Waals surface area contributed by atoms with Crippen molar-refractivity contribution >= 4 is 0 Å². The number of hydrogen-bond acceptors (Lipinski definition) is 3. The molecule has 0 aliphatic carbocycles. The molecule has 3 heteroatoms. The molecule has 0 aromatic heterocycles. The van der Waals surface area contributed by atoms with E-state index in [1.165, 1.54) is 0 Å². The molecule has 15 heavy (non-hydrogen) atoms. The monoisotopic (exact) mass is 209 g/mol. The van der Waals surface area contributed by atoms with Gasteiger partial charge in [-0.25, -0.2) is 0 Å². The Bertz CT molecular complexity index is 312. The molecule has 0 fully saturated rings. The fourth-order valence-electron chi connectivity index (χ4n) is 1.24. The first-order valence-electron chi connectivity index (χ1n) is 5.24. The Kier molecular flexibility index (Phi) is 4.43. The van der Waals surface area contributed by atoms with Crippen molar-refractivity contribution in [3.05, 3.63) is 23.8 Å². The van der Waals surface area contributed by atoms with Crippen LogP contribution in [-0.2, 0) is 6.54 Å². The van der Waals surface area contributed by atoms with Gasteiger partial charge in [0.25, 0.3) is 0 Å². The first-order valence-corrected chi connectivity index (χ1v) is 5.24. The van der Waals surface area contributed by atoms with Gasteiger partial charge in [-0.1, -0.05) is 13.0 Å². The fourth-order valence-corrected chi connectivity index (χ4v) is 1.24. The third-order valence-corrected chi connectivity index (χ3v) is 2.37. The lowest BCUT2D eigenvalue weighted by molar-refractivity contribution is 0.207. The fraction of sp³-hybridized carbons (Fsp3) is 0.500. The molecular formula is C12H19NO2. The number of benzene rings is 1. The molecular weight excluding hydrogens is 190 g/mol. The molecule has 0 radical (unpaired) electrons. The highest BCUT2D eigenvalue weighted by Crippen LogP contribution is 2.29. The van der Waals surface area contributed by atoms with Crippen LogP contribution in [-0.4, -0.2) is 13.2 Å². The molecule has 0 amide bonds. The summed E-state index contributed by atoms with van der Waals surface area (Å²) in [4.78, 5) is 0. The number of methoxy groups -OCH3 is 1. The highest BCUT2D eigenvalue weighted by molar-refractivity contribution is 5.43. The Morgan fingerprint density at radius 2 is 2.07 bits per heavy atom. The molecule has 0 aliphatic heterocycles. The summed E-state index contributed by atoms with van der Waals surface area (Å²) in [5.41, 5.74) is 6.60. The van der Waals surface area contributed by atoms with Crippen molar-refractivity contribution < 1.29 is 9.47 Å². The van der Waals surface area contributed by atoms with Crippen LogP contribution in [0.2, 0.25) is 0 Å². The van der Waals surface area contributed by atoms with Gasteiger partial charge >= 0.3 is 0 Å². The van der Waals surface area contributed by atoms with Gasteiger partial charge in [-0.05, 0) is 31.0 Å². The van der Waals surface area contributed by atoms with E-state index in [9.17, 15) is 0 Å². The molecule has 0 heterocycles. The molecule has 0 bridgehead atoms. The predicted octanol–water partition coefficient (Wildman–Crippen LogP) is 2.33. The number of rotatable bonds is 5. The van der Waals surface area contributed by atoms with E-state index >= 15 is 0 Å². The zero-order valence-corrected chi connectivity index (χ0v) is 9.62. The van der Waals surface area contributed by atoms with Gasteiger partial charge in [0.2, 0.25) is 0 Å². The average molecular weight is 209 g/mol. The maximum atomic E-state index is 5.72. The van der Waals surface area contributed by atoms with Gasteiger partial charge in [-0.3, -0.25) is 0 Å². The van der Waals surface area contributed by atoms with E-state index in [1.54, 1.807) is 7.11 Å². The van der Waals surface area contributed by atoms with Crippen LogP contribution in [0, 0.1) is 0 Å². The lowest BCUT2D eigenvalue weighted by Gasteiger charge is -2.15. The highest BCUT2D eigenvalue weighted by atomic mass is 16.5. The van der Waals surface area contributed by atoms with E-state index in [2.05, 4.69) is 6.92 Å².